The number of aryl methyl sites for hydroxylation is 1. The molecular formula is C22H30ClF3N6O3S. The van der Waals surface area contributed by atoms with Gasteiger partial charge in [-0.05, 0) is 31.4 Å². The molecular weight excluding hydrogens is 521 g/mol. The van der Waals surface area contributed by atoms with Gasteiger partial charge in [0.15, 0.2) is 0 Å². The second kappa shape index (κ2) is 11.0. The van der Waals surface area contributed by atoms with Crippen LogP contribution in [-0.4, -0.2) is 86.0 Å². The van der Waals surface area contributed by atoms with E-state index in [2.05, 4.69) is 15.4 Å². The summed E-state index contributed by atoms with van der Waals surface area (Å²) in [6.07, 6.45) is 0.527. The van der Waals surface area contributed by atoms with Crippen molar-refractivity contribution in [1.29, 1.82) is 0 Å². The van der Waals surface area contributed by atoms with E-state index in [0.29, 0.717) is 5.56 Å². The highest BCUT2D eigenvalue weighted by Crippen LogP contribution is 2.42. The molecule has 1 aromatic rings. The number of hydrogen-bond acceptors (Lipinski definition) is 7. The normalized spacial score (nSPS) is 21.6. The summed E-state index contributed by atoms with van der Waals surface area (Å²) in [5.74, 6) is 1.11. The molecule has 0 atom stereocenters. The Kier molecular flexibility index (Phi) is 8.69. The number of carbonyl (C=O) groups excluding carboxylic acids is 1. The number of amides is 1. The fraction of sp³-hybridized carbons (Fsp3) is 0.591. The van der Waals surface area contributed by atoms with E-state index in [-0.39, 0.29) is 74.0 Å². The molecule has 1 aliphatic carbocycles. The molecule has 9 nitrogen and oxygen atoms in total. The summed E-state index contributed by atoms with van der Waals surface area (Å²) in [6, 6.07) is 2.85. The molecule has 14 heteroatoms. The highest BCUT2D eigenvalue weighted by atomic mass is 35.5. The predicted octanol–water partition coefficient (Wildman–Crippen LogP) is 2.39. The van der Waals surface area contributed by atoms with Gasteiger partial charge in [-0.2, -0.15) is 9.41 Å². The standard InChI is InChI=1S/C22H30ClF3N6O3S/c1-15-3-4-16(18(23)19(15)24)20(33)29-14-21(5-7-22(25,26)8-6-21)31-9-11-32(12-10-31)36(34,35)17(30-27)13-28-2/h3-4,13H,5-12,14,27H2,1-2H3,(H,29,33)/b28-13?,30-17-. The van der Waals surface area contributed by atoms with Crippen molar-refractivity contribution >= 4 is 38.8 Å². The van der Waals surface area contributed by atoms with E-state index < -0.39 is 33.2 Å². The summed E-state index contributed by atoms with van der Waals surface area (Å²) in [5.41, 5.74) is -0.569. The van der Waals surface area contributed by atoms with Crippen molar-refractivity contribution in [2.75, 3.05) is 39.8 Å². The van der Waals surface area contributed by atoms with Crippen LogP contribution in [-0.2, 0) is 10.0 Å². The van der Waals surface area contributed by atoms with E-state index in [0.717, 1.165) is 6.21 Å². The van der Waals surface area contributed by atoms with E-state index in [1.807, 2.05) is 4.90 Å². The Morgan fingerprint density at radius 1 is 1.19 bits per heavy atom. The number of sulfonamides is 1. The molecule has 1 aromatic carbocycles. The smallest absolute Gasteiger partial charge is 0.263 e. The number of aliphatic imine (C=N–C) groups is 1. The average molecular weight is 551 g/mol. The van der Waals surface area contributed by atoms with E-state index in [1.54, 1.807) is 0 Å². The fourth-order valence-corrected chi connectivity index (χ4v) is 6.24. The van der Waals surface area contributed by atoms with Crippen LogP contribution in [0, 0.1) is 12.7 Å². The Morgan fingerprint density at radius 2 is 1.81 bits per heavy atom. The zero-order valence-corrected chi connectivity index (χ0v) is 21.7. The highest BCUT2D eigenvalue weighted by Gasteiger charge is 2.48. The van der Waals surface area contributed by atoms with Crippen molar-refractivity contribution in [2.45, 2.75) is 44.1 Å². The molecule has 1 saturated heterocycles. The molecule has 200 valence electrons. The number of halogens is 4. The number of hydrazone groups is 1. The number of nitrogens with one attached hydrogen (secondary N) is 1. The number of carbonyl (C=O) groups is 1. The number of rotatable bonds is 6. The summed E-state index contributed by atoms with van der Waals surface area (Å²) in [7, 11) is -2.56. The van der Waals surface area contributed by atoms with Crippen LogP contribution in [0.5, 0.6) is 0 Å². The Hall–Kier alpha value is -2.22. The van der Waals surface area contributed by atoms with Gasteiger partial charge in [-0.1, -0.05) is 17.7 Å². The minimum absolute atomic E-state index is 0.0263. The van der Waals surface area contributed by atoms with Crippen LogP contribution in [0.4, 0.5) is 13.2 Å². The summed E-state index contributed by atoms with van der Waals surface area (Å²) >= 11 is 6.02. The molecule has 3 N–H and O–H groups in total. The average Bonchev–Trinajstić information content (AvgIpc) is 2.85. The lowest BCUT2D eigenvalue weighted by atomic mass is 9.78. The van der Waals surface area contributed by atoms with E-state index >= 15 is 0 Å². The molecule has 1 amide bonds. The third kappa shape index (κ3) is 5.84. The quantitative estimate of drug-likeness (QED) is 0.244. The molecule has 0 unspecified atom stereocenters. The van der Waals surface area contributed by atoms with Gasteiger partial charge in [0.2, 0.25) is 11.0 Å². The lowest BCUT2D eigenvalue weighted by Gasteiger charge is -2.50. The number of piperazine rings is 1. The second-order valence-electron chi connectivity index (χ2n) is 9.07. The van der Waals surface area contributed by atoms with Gasteiger partial charge in [0, 0.05) is 58.2 Å². The van der Waals surface area contributed by atoms with Crippen LogP contribution in [0.3, 0.4) is 0 Å². The summed E-state index contributed by atoms with van der Waals surface area (Å²) in [4.78, 5) is 18.4. The molecule has 0 radical (unpaired) electrons. The van der Waals surface area contributed by atoms with Crippen molar-refractivity contribution in [3.63, 3.8) is 0 Å². The molecule has 1 saturated carbocycles. The van der Waals surface area contributed by atoms with E-state index in [1.165, 1.54) is 30.4 Å². The number of hydrogen-bond donors (Lipinski definition) is 2. The monoisotopic (exact) mass is 550 g/mol. The first-order valence-electron chi connectivity index (χ1n) is 11.4. The van der Waals surface area contributed by atoms with Crippen molar-refractivity contribution in [1.82, 2.24) is 14.5 Å². The van der Waals surface area contributed by atoms with Gasteiger partial charge in [0.1, 0.15) is 5.82 Å². The van der Waals surface area contributed by atoms with Gasteiger partial charge in [-0.15, -0.1) is 0 Å². The Morgan fingerprint density at radius 3 is 2.36 bits per heavy atom. The lowest BCUT2D eigenvalue weighted by Crippen LogP contribution is -2.63. The van der Waals surface area contributed by atoms with Gasteiger partial charge in [-0.3, -0.25) is 14.7 Å². The maximum Gasteiger partial charge on any atom is 0.263 e. The van der Waals surface area contributed by atoms with Crippen LogP contribution in [0.15, 0.2) is 22.2 Å². The predicted molar refractivity (Wildman–Crippen MR) is 133 cm³/mol. The summed E-state index contributed by atoms with van der Waals surface area (Å²) in [5, 5.41) is 5.38. The molecule has 0 spiro atoms. The molecule has 0 aromatic heterocycles. The maximum atomic E-state index is 14.2. The number of alkyl halides is 2. The largest absolute Gasteiger partial charge is 0.350 e. The topological polar surface area (TPSA) is 120 Å². The summed E-state index contributed by atoms with van der Waals surface area (Å²) in [6.45, 7) is 2.22. The lowest BCUT2D eigenvalue weighted by molar-refractivity contribution is -0.0855. The van der Waals surface area contributed by atoms with Crippen LogP contribution in [0.1, 0.15) is 41.6 Å². The van der Waals surface area contributed by atoms with Crippen LogP contribution < -0.4 is 11.2 Å². The SMILES string of the molecule is CN=C/C(=N/N)S(=O)(=O)N1CCN(C2(CNC(=O)c3ccc(C)c(F)c3Cl)CCC(F)(F)CC2)CC1. The Bertz CT molecular complexity index is 1140. The maximum absolute atomic E-state index is 14.2. The molecule has 1 heterocycles. The molecule has 0 bridgehead atoms. The zero-order chi connectivity index (χ0) is 26.7. The third-order valence-electron chi connectivity index (χ3n) is 6.89. The molecule has 36 heavy (non-hydrogen) atoms. The molecule has 2 fully saturated rings. The fourth-order valence-electron chi connectivity index (χ4n) is 4.66. The van der Waals surface area contributed by atoms with E-state index in [9.17, 15) is 26.4 Å². The van der Waals surface area contributed by atoms with Gasteiger partial charge in [-0.25, -0.2) is 21.6 Å². The van der Waals surface area contributed by atoms with Crippen LogP contribution in [0.25, 0.3) is 0 Å². The third-order valence-corrected chi connectivity index (χ3v) is 9.04. The highest BCUT2D eigenvalue weighted by molar-refractivity contribution is 8.06. The van der Waals surface area contributed by atoms with Gasteiger partial charge < -0.3 is 11.2 Å². The van der Waals surface area contributed by atoms with Crippen molar-refractivity contribution in [3.05, 3.63) is 34.1 Å². The number of nitrogens with two attached hydrogens (primary N) is 1. The first kappa shape index (κ1) is 28.4. The van der Waals surface area contributed by atoms with Gasteiger partial charge >= 0.3 is 0 Å². The van der Waals surface area contributed by atoms with Crippen molar-refractivity contribution < 1.29 is 26.4 Å². The molecule has 3 rings (SSSR count). The molecule has 1 aliphatic heterocycles. The van der Waals surface area contributed by atoms with Gasteiger partial charge in [0.25, 0.3) is 15.9 Å². The minimum Gasteiger partial charge on any atom is -0.350 e. The zero-order valence-electron chi connectivity index (χ0n) is 20.1. The Labute approximate surface area is 213 Å². The molecule has 2 aliphatic rings. The first-order valence-corrected chi connectivity index (χ1v) is 13.2. The number of benzene rings is 1. The minimum atomic E-state index is -3.96. The van der Waals surface area contributed by atoms with Crippen LogP contribution in [0.2, 0.25) is 5.02 Å². The summed E-state index contributed by atoms with van der Waals surface area (Å²) < 4.78 is 69.1. The van der Waals surface area contributed by atoms with Crippen molar-refractivity contribution in [3.8, 4) is 0 Å². The Balaban J connectivity index is 1.77. The van der Waals surface area contributed by atoms with Crippen molar-refractivity contribution in [2.24, 2.45) is 15.9 Å². The van der Waals surface area contributed by atoms with Crippen LogP contribution >= 0.6 is 11.6 Å². The number of nitrogens with zero attached hydrogens (tertiary/aromatic N) is 4. The van der Waals surface area contributed by atoms with E-state index in [4.69, 9.17) is 17.4 Å². The second-order valence-corrected chi connectivity index (χ2v) is 11.3. The van der Waals surface area contributed by atoms with Gasteiger partial charge in [0.05, 0.1) is 16.8 Å². The first-order chi connectivity index (χ1) is 16.9.